The van der Waals surface area contributed by atoms with Crippen LogP contribution >= 0.6 is 0 Å². The van der Waals surface area contributed by atoms with Gasteiger partial charge in [-0.1, -0.05) is 30.3 Å². The summed E-state index contributed by atoms with van der Waals surface area (Å²) in [5.74, 6) is 0.106. The average molecular weight is 703 g/mol. The van der Waals surface area contributed by atoms with Crippen molar-refractivity contribution < 1.29 is 41.0 Å². The number of nitrogens with zero attached hydrogens (tertiary/aromatic N) is 2. The van der Waals surface area contributed by atoms with Gasteiger partial charge in [0.15, 0.2) is 5.60 Å². The zero-order valence-electron chi connectivity index (χ0n) is 24.7. The van der Waals surface area contributed by atoms with Gasteiger partial charge in [-0.15, -0.1) is 0 Å². The molecule has 0 spiro atoms. The van der Waals surface area contributed by atoms with E-state index in [1.165, 1.54) is 36.4 Å². The molecule has 0 bridgehead atoms. The molecule has 0 unspecified atom stereocenters. The van der Waals surface area contributed by atoms with Crippen LogP contribution in [0.3, 0.4) is 0 Å². The van der Waals surface area contributed by atoms with Crippen LogP contribution in [0.4, 0.5) is 22.7 Å². The molecular formula is C32H22N4O11S2. The number of non-ortho nitro benzene ring substituents is 2. The smallest absolute Gasteiger partial charge is 0.294 e. The van der Waals surface area contributed by atoms with Gasteiger partial charge in [0.05, 0.1) is 31.0 Å². The lowest BCUT2D eigenvalue weighted by molar-refractivity contribution is -0.385. The second-order valence-electron chi connectivity index (χ2n) is 10.5. The monoisotopic (exact) mass is 702 g/mol. The molecule has 0 atom stereocenters. The number of anilines is 2. The van der Waals surface area contributed by atoms with Crippen LogP contribution in [-0.2, 0) is 35.2 Å². The summed E-state index contributed by atoms with van der Waals surface area (Å²) in [7, 11) is -8.45. The number of nitro benzene ring substituents is 2. The lowest BCUT2D eigenvalue weighted by Gasteiger charge is -2.39. The standard InChI is InChI=1S/C32H22N4O11S2/c37-20-46-32(21-4-2-1-3-5-21)28-16-6-22(33-48(42,43)26-12-8-24(9-13-26)35(38)39)18-30(28)47-31-19-23(7-17-29(31)32)34-49(44,45)27-14-10-25(11-15-27)36(40)41/h1-20,33-34H. The molecule has 248 valence electrons. The van der Waals surface area contributed by atoms with Crippen molar-refractivity contribution in [2.45, 2.75) is 15.4 Å². The Morgan fingerprint density at radius 1 is 0.633 bits per heavy atom. The van der Waals surface area contributed by atoms with E-state index in [1.54, 1.807) is 30.3 Å². The van der Waals surface area contributed by atoms with Gasteiger partial charge in [0.1, 0.15) is 11.5 Å². The number of hydrogen-bond acceptors (Lipinski definition) is 11. The van der Waals surface area contributed by atoms with Gasteiger partial charge in [-0.25, -0.2) is 16.8 Å². The zero-order chi connectivity index (χ0) is 35.0. The number of fused-ring (bicyclic) bond motifs is 2. The lowest BCUT2D eigenvalue weighted by atomic mass is 9.77. The van der Waals surface area contributed by atoms with Crippen molar-refractivity contribution in [3.05, 3.63) is 152 Å². The molecule has 0 aromatic heterocycles. The van der Waals surface area contributed by atoms with Crippen LogP contribution in [0.15, 0.2) is 125 Å². The van der Waals surface area contributed by atoms with Gasteiger partial charge in [0, 0.05) is 53.1 Å². The molecule has 0 saturated heterocycles. The first-order valence-electron chi connectivity index (χ1n) is 14.0. The minimum atomic E-state index is -4.22. The predicted molar refractivity (Wildman–Crippen MR) is 174 cm³/mol. The van der Waals surface area contributed by atoms with Crippen LogP contribution in [0.2, 0.25) is 0 Å². The molecule has 49 heavy (non-hydrogen) atoms. The molecule has 1 heterocycles. The van der Waals surface area contributed by atoms with Crippen molar-refractivity contribution in [2.24, 2.45) is 0 Å². The Kier molecular flexibility index (Phi) is 8.23. The van der Waals surface area contributed by atoms with Gasteiger partial charge >= 0.3 is 0 Å². The Labute approximate surface area is 278 Å². The number of ether oxygens (including phenoxy) is 2. The number of hydrogen-bond donors (Lipinski definition) is 2. The van der Waals surface area contributed by atoms with Crippen molar-refractivity contribution in [2.75, 3.05) is 9.44 Å². The largest absolute Gasteiger partial charge is 0.456 e. The van der Waals surface area contributed by atoms with E-state index in [2.05, 4.69) is 9.44 Å². The van der Waals surface area contributed by atoms with Crippen LogP contribution in [0.5, 0.6) is 11.5 Å². The van der Waals surface area contributed by atoms with Gasteiger partial charge < -0.3 is 9.47 Å². The highest BCUT2D eigenvalue weighted by Gasteiger charge is 2.46. The first kappa shape index (κ1) is 32.6. The molecule has 17 heteroatoms. The highest BCUT2D eigenvalue weighted by molar-refractivity contribution is 7.93. The normalized spacial score (nSPS) is 13.1. The van der Waals surface area contributed by atoms with Crippen LogP contribution in [0.1, 0.15) is 16.7 Å². The summed E-state index contributed by atoms with van der Waals surface area (Å²) < 4.78 is 69.5. The third kappa shape index (κ3) is 6.10. The van der Waals surface area contributed by atoms with Crippen molar-refractivity contribution in [3.8, 4) is 11.5 Å². The minimum Gasteiger partial charge on any atom is -0.456 e. The molecule has 0 amide bonds. The van der Waals surface area contributed by atoms with E-state index in [0.29, 0.717) is 16.7 Å². The first-order valence-corrected chi connectivity index (χ1v) is 17.0. The van der Waals surface area contributed by atoms with Gasteiger partial charge in [-0.3, -0.25) is 34.5 Å². The zero-order valence-corrected chi connectivity index (χ0v) is 26.4. The van der Waals surface area contributed by atoms with Crippen LogP contribution in [0.25, 0.3) is 0 Å². The summed E-state index contributed by atoms with van der Waals surface area (Å²) >= 11 is 0. The molecule has 5 aromatic carbocycles. The van der Waals surface area contributed by atoms with Crippen LogP contribution < -0.4 is 14.2 Å². The maximum absolute atomic E-state index is 13.2. The fourth-order valence-corrected chi connectivity index (χ4v) is 7.46. The van der Waals surface area contributed by atoms with E-state index >= 15 is 0 Å². The molecular weight excluding hydrogens is 681 g/mol. The van der Waals surface area contributed by atoms with Crippen LogP contribution in [0, 0.1) is 20.2 Å². The maximum atomic E-state index is 13.2. The molecule has 1 aliphatic rings. The average Bonchev–Trinajstić information content (AvgIpc) is 3.08. The molecule has 0 radical (unpaired) electrons. The molecule has 5 aromatic rings. The Hall–Kier alpha value is -6.33. The minimum absolute atomic E-state index is 0.0312. The topological polar surface area (TPSA) is 214 Å². The fraction of sp³-hybridized carbons (Fsp3) is 0.0312. The summed E-state index contributed by atoms with van der Waals surface area (Å²) in [4.78, 5) is 32.3. The molecule has 6 rings (SSSR count). The molecule has 0 aliphatic carbocycles. The second kappa shape index (κ2) is 12.4. The quantitative estimate of drug-likeness (QED) is 0.0971. The summed E-state index contributed by atoms with van der Waals surface area (Å²) in [5, 5.41) is 22.0. The van der Waals surface area contributed by atoms with E-state index in [0.717, 1.165) is 48.5 Å². The van der Waals surface area contributed by atoms with Crippen molar-refractivity contribution >= 4 is 49.3 Å². The molecule has 0 fully saturated rings. The van der Waals surface area contributed by atoms with Gasteiger partial charge in [-0.2, -0.15) is 0 Å². The predicted octanol–water partition coefficient (Wildman–Crippen LogP) is 5.68. The fourth-order valence-electron chi connectivity index (χ4n) is 5.36. The molecule has 15 nitrogen and oxygen atoms in total. The van der Waals surface area contributed by atoms with E-state index in [9.17, 15) is 41.9 Å². The van der Waals surface area contributed by atoms with E-state index in [-0.39, 0.29) is 50.5 Å². The Bertz CT molecular complexity index is 2190. The number of carbonyl (C=O) groups excluding carboxylic acids is 1. The third-order valence-corrected chi connectivity index (χ3v) is 10.4. The SMILES string of the molecule is O=COC1(c2ccccc2)c2ccc(NS(=O)(=O)c3ccc([N+](=O)[O-])cc3)cc2Oc2cc(NS(=O)(=O)c3ccc([N+](=O)[O-])cc3)ccc21. The van der Waals surface area contributed by atoms with E-state index in [1.807, 2.05) is 0 Å². The summed E-state index contributed by atoms with van der Waals surface area (Å²) in [6, 6.07) is 25.7. The number of rotatable bonds is 11. The summed E-state index contributed by atoms with van der Waals surface area (Å²) in [6.07, 6.45) is 0. The highest BCUT2D eigenvalue weighted by Crippen LogP contribution is 2.53. The Morgan fingerprint density at radius 2 is 1.06 bits per heavy atom. The van der Waals surface area contributed by atoms with Crippen molar-refractivity contribution in [1.29, 1.82) is 0 Å². The maximum Gasteiger partial charge on any atom is 0.294 e. The number of nitrogens with one attached hydrogen (secondary N) is 2. The van der Waals surface area contributed by atoms with Crippen molar-refractivity contribution in [1.82, 2.24) is 0 Å². The molecule has 2 N–H and O–H groups in total. The second-order valence-corrected chi connectivity index (χ2v) is 13.9. The number of carbonyl (C=O) groups is 1. The molecule has 1 aliphatic heterocycles. The third-order valence-electron chi connectivity index (χ3n) is 7.57. The van der Waals surface area contributed by atoms with Crippen LogP contribution in [-0.4, -0.2) is 33.2 Å². The van der Waals surface area contributed by atoms with Crippen molar-refractivity contribution in [3.63, 3.8) is 0 Å². The van der Waals surface area contributed by atoms with Gasteiger partial charge in [0.2, 0.25) is 0 Å². The number of nitro groups is 2. The highest BCUT2D eigenvalue weighted by atomic mass is 32.2. The summed E-state index contributed by atoms with van der Waals surface area (Å²) in [5.41, 5.74) is -1.02. The Morgan fingerprint density at radius 3 is 1.45 bits per heavy atom. The van der Waals surface area contributed by atoms with Gasteiger partial charge in [-0.05, 0) is 48.5 Å². The first-order chi connectivity index (χ1) is 23.3. The molecule has 0 saturated carbocycles. The number of benzene rings is 5. The number of sulfonamides is 2. The summed E-state index contributed by atoms with van der Waals surface area (Å²) in [6.45, 7) is 0.252. The van der Waals surface area contributed by atoms with Gasteiger partial charge in [0.25, 0.3) is 37.9 Å². The lowest BCUT2D eigenvalue weighted by Crippen LogP contribution is -2.35. The van der Waals surface area contributed by atoms with E-state index < -0.39 is 35.5 Å². The Balaban J connectivity index is 1.42. The van der Waals surface area contributed by atoms with E-state index in [4.69, 9.17) is 9.47 Å².